The van der Waals surface area contributed by atoms with E-state index in [9.17, 15) is 9.18 Å². The zero-order valence-electron chi connectivity index (χ0n) is 15.9. The fourth-order valence-corrected chi connectivity index (χ4v) is 3.26. The van der Waals surface area contributed by atoms with Gasteiger partial charge in [-0.3, -0.25) is 14.6 Å². The van der Waals surface area contributed by atoms with Crippen molar-refractivity contribution < 1.29 is 9.18 Å². The number of nitrogens with zero attached hydrogens (tertiary/aromatic N) is 3. The van der Waals surface area contributed by atoms with Gasteiger partial charge in [-0.05, 0) is 17.7 Å². The van der Waals surface area contributed by atoms with Crippen LogP contribution in [0.15, 0.2) is 67.0 Å². The van der Waals surface area contributed by atoms with Crippen LogP contribution < -0.4 is 5.32 Å². The molecule has 146 valence electrons. The number of benzene rings is 2. The van der Waals surface area contributed by atoms with Gasteiger partial charge in [0.2, 0.25) is 0 Å². The first-order valence-corrected chi connectivity index (χ1v) is 9.23. The van der Waals surface area contributed by atoms with Crippen LogP contribution in [0.4, 0.5) is 4.39 Å². The summed E-state index contributed by atoms with van der Waals surface area (Å²) < 4.78 is 15.3. The van der Waals surface area contributed by atoms with Gasteiger partial charge in [0.05, 0.1) is 29.3 Å². The molecule has 0 spiro atoms. The summed E-state index contributed by atoms with van der Waals surface area (Å²) in [6.07, 6.45) is 3.82. The lowest BCUT2D eigenvalue weighted by molar-refractivity contribution is 0.0950. The summed E-state index contributed by atoms with van der Waals surface area (Å²) in [7, 11) is 1.83. The lowest BCUT2D eigenvalue weighted by atomic mass is 10.1. The number of hydrogen-bond donors (Lipinski definition) is 2. The molecule has 4 rings (SSSR count). The first kappa shape index (κ1) is 18.6. The summed E-state index contributed by atoms with van der Waals surface area (Å²) in [4.78, 5) is 12.8. The predicted octanol–water partition coefficient (Wildman–Crippen LogP) is 3.47. The average molecular weight is 389 g/mol. The fraction of sp³-hybridized carbons (Fsp3) is 0.136. The SMILES string of the molecule is Cn1ncc(C(=O)NCc2cn[nH]c2-c2cccc(F)c2)c1Cc1ccccc1. The van der Waals surface area contributed by atoms with Gasteiger partial charge in [-0.25, -0.2) is 4.39 Å². The van der Waals surface area contributed by atoms with Crippen molar-refractivity contribution >= 4 is 5.91 Å². The molecule has 2 heterocycles. The van der Waals surface area contributed by atoms with Gasteiger partial charge < -0.3 is 5.32 Å². The van der Waals surface area contributed by atoms with Crippen LogP contribution in [0.3, 0.4) is 0 Å². The Morgan fingerprint density at radius 1 is 1.14 bits per heavy atom. The maximum atomic E-state index is 13.5. The summed E-state index contributed by atoms with van der Waals surface area (Å²) in [5.41, 5.74) is 4.61. The zero-order chi connectivity index (χ0) is 20.2. The zero-order valence-corrected chi connectivity index (χ0v) is 15.9. The molecule has 0 aliphatic rings. The van der Waals surface area contributed by atoms with E-state index in [-0.39, 0.29) is 18.3 Å². The standard InChI is InChI=1S/C22H20FN5O/c1-28-20(10-15-6-3-2-4-7-15)19(14-26-28)22(29)24-12-17-13-25-27-21(17)16-8-5-9-18(23)11-16/h2-9,11,13-14H,10,12H2,1H3,(H,24,29)(H,25,27). The molecule has 0 unspecified atom stereocenters. The van der Waals surface area contributed by atoms with Crippen molar-refractivity contribution in [2.45, 2.75) is 13.0 Å². The molecule has 1 amide bonds. The third-order valence-corrected chi connectivity index (χ3v) is 4.79. The Labute approximate surface area is 167 Å². The minimum atomic E-state index is -0.326. The van der Waals surface area contributed by atoms with E-state index in [0.29, 0.717) is 23.2 Å². The highest BCUT2D eigenvalue weighted by Crippen LogP contribution is 2.22. The molecular formula is C22H20FN5O. The molecule has 2 N–H and O–H groups in total. The van der Waals surface area contributed by atoms with Crippen molar-refractivity contribution in [2.75, 3.05) is 0 Å². The van der Waals surface area contributed by atoms with Gasteiger partial charge in [-0.2, -0.15) is 10.2 Å². The van der Waals surface area contributed by atoms with Crippen LogP contribution in [-0.2, 0) is 20.0 Å². The lowest BCUT2D eigenvalue weighted by Crippen LogP contribution is -2.24. The van der Waals surface area contributed by atoms with Crippen LogP contribution in [0.25, 0.3) is 11.3 Å². The third kappa shape index (κ3) is 4.08. The third-order valence-electron chi connectivity index (χ3n) is 4.79. The molecule has 6 nitrogen and oxygen atoms in total. The lowest BCUT2D eigenvalue weighted by Gasteiger charge is -2.08. The number of rotatable bonds is 6. The van der Waals surface area contributed by atoms with E-state index in [1.165, 1.54) is 12.1 Å². The van der Waals surface area contributed by atoms with Crippen LogP contribution in [0.2, 0.25) is 0 Å². The number of aromatic amines is 1. The Kier molecular flexibility index (Phi) is 5.20. The molecule has 0 fully saturated rings. The molecule has 0 radical (unpaired) electrons. The van der Waals surface area contributed by atoms with Crippen LogP contribution >= 0.6 is 0 Å². The van der Waals surface area contributed by atoms with Gasteiger partial charge in [0.15, 0.2) is 0 Å². The average Bonchev–Trinajstić information content (AvgIpc) is 3.34. The minimum Gasteiger partial charge on any atom is -0.348 e. The number of H-pyrrole nitrogens is 1. The van der Waals surface area contributed by atoms with Crippen LogP contribution in [-0.4, -0.2) is 25.9 Å². The van der Waals surface area contributed by atoms with E-state index in [1.807, 2.05) is 37.4 Å². The monoisotopic (exact) mass is 389 g/mol. The molecule has 0 saturated carbocycles. The second-order valence-corrected chi connectivity index (χ2v) is 6.75. The minimum absolute atomic E-state index is 0.213. The van der Waals surface area contributed by atoms with E-state index in [1.54, 1.807) is 29.2 Å². The van der Waals surface area contributed by atoms with Gasteiger partial charge in [0.1, 0.15) is 5.82 Å². The number of hydrogen-bond acceptors (Lipinski definition) is 3. The Morgan fingerprint density at radius 3 is 2.76 bits per heavy atom. The van der Waals surface area contributed by atoms with Gasteiger partial charge in [-0.15, -0.1) is 0 Å². The summed E-state index contributed by atoms with van der Waals surface area (Å²) in [5, 5.41) is 14.1. The summed E-state index contributed by atoms with van der Waals surface area (Å²) in [6, 6.07) is 16.2. The second-order valence-electron chi connectivity index (χ2n) is 6.75. The number of carbonyl (C=O) groups excluding carboxylic acids is 1. The highest BCUT2D eigenvalue weighted by Gasteiger charge is 2.17. The van der Waals surface area contributed by atoms with Crippen LogP contribution in [0.1, 0.15) is 27.2 Å². The van der Waals surface area contributed by atoms with Crippen molar-refractivity contribution in [1.82, 2.24) is 25.3 Å². The fourth-order valence-electron chi connectivity index (χ4n) is 3.26. The van der Waals surface area contributed by atoms with Crippen LogP contribution in [0.5, 0.6) is 0 Å². The second kappa shape index (κ2) is 8.10. The van der Waals surface area contributed by atoms with Gasteiger partial charge in [0.25, 0.3) is 5.91 Å². The molecule has 0 atom stereocenters. The molecule has 2 aromatic heterocycles. The first-order valence-electron chi connectivity index (χ1n) is 9.23. The molecule has 7 heteroatoms. The molecular weight excluding hydrogens is 369 g/mol. The van der Waals surface area contributed by atoms with Crippen molar-refractivity contribution in [3.63, 3.8) is 0 Å². The van der Waals surface area contributed by atoms with Gasteiger partial charge >= 0.3 is 0 Å². The van der Waals surface area contributed by atoms with Gasteiger partial charge in [-0.1, -0.05) is 42.5 Å². The van der Waals surface area contributed by atoms with E-state index in [0.717, 1.165) is 16.8 Å². The summed E-state index contributed by atoms with van der Waals surface area (Å²) in [6.45, 7) is 0.265. The Morgan fingerprint density at radius 2 is 1.97 bits per heavy atom. The molecule has 29 heavy (non-hydrogen) atoms. The van der Waals surface area contributed by atoms with Crippen molar-refractivity contribution in [3.8, 4) is 11.3 Å². The van der Waals surface area contributed by atoms with Crippen molar-refractivity contribution in [2.24, 2.45) is 7.05 Å². The number of carbonyl (C=O) groups is 1. The Hall–Kier alpha value is -3.74. The summed E-state index contributed by atoms with van der Waals surface area (Å²) >= 11 is 0. The largest absolute Gasteiger partial charge is 0.348 e. The van der Waals surface area contributed by atoms with Crippen molar-refractivity contribution in [3.05, 3.63) is 95.2 Å². The first-order chi connectivity index (χ1) is 14.1. The molecule has 0 aliphatic carbocycles. The van der Waals surface area contributed by atoms with E-state index in [4.69, 9.17) is 0 Å². The number of nitrogens with one attached hydrogen (secondary N) is 2. The van der Waals surface area contributed by atoms with Crippen molar-refractivity contribution in [1.29, 1.82) is 0 Å². The molecule has 2 aromatic carbocycles. The molecule has 0 saturated heterocycles. The Balaban J connectivity index is 1.50. The molecule has 0 bridgehead atoms. The van der Waals surface area contributed by atoms with Crippen LogP contribution in [0, 0.1) is 5.82 Å². The quantitative estimate of drug-likeness (QED) is 0.530. The van der Waals surface area contributed by atoms with Gasteiger partial charge in [0, 0.05) is 31.1 Å². The number of amides is 1. The number of halogens is 1. The van der Waals surface area contributed by atoms with E-state index < -0.39 is 0 Å². The van der Waals surface area contributed by atoms with E-state index >= 15 is 0 Å². The molecule has 4 aromatic rings. The van der Waals surface area contributed by atoms with E-state index in [2.05, 4.69) is 20.6 Å². The smallest absolute Gasteiger partial charge is 0.255 e. The highest BCUT2D eigenvalue weighted by atomic mass is 19.1. The highest BCUT2D eigenvalue weighted by molar-refractivity contribution is 5.95. The molecule has 0 aliphatic heterocycles. The maximum absolute atomic E-state index is 13.5. The Bertz CT molecular complexity index is 1130. The number of aromatic nitrogens is 4. The maximum Gasteiger partial charge on any atom is 0.255 e. The summed E-state index contributed by atoms with van der Waals surface area (Å²) in [5.74, 6) is -0.538. The topological polar surface area (TPSA) is 75.6 Å². The normalized spacial score (nSPS) is 10.8. The predicted molar refractivity (Wildman–Crippen MR) is 108 cm³/mol. The number of aryl methyl sites for hydroxylation is 1.